The van der Waals surface area contributed by atoms with Gasteiger partial charge < -0.3 is 15.8 Å². The Morgan fingerprint density at radius 2 is 2.21 bits per heavy atom. The number of hydrogen-bond acceptors (Lipinski definition) is 3. The summed E-state index contributed by atoms with van der Waals surface area (Å²) in [6.07, 6.45) is 1.77. The summed E-state index contributed by atoms with van der Waals surface area (Å²) in [6.45, 7) is 4.15. The molecular formula is C15H20N2O2. The SMILES string of the molecule is CNC(=O)C1CC1c1cc2c(cc1N)CC(C)(C)O2. The quantitative estimate of drug-likeness (QED) is 0.797. The number of nitrogens with two attached hydrogens (primary N) is 1. The van der Waals surface area contributed by atoms with E-state index in [1.807, 2.05) is 12.1 Å². The Morgan fingerprint density at radius 3 is 2.89 bits per heavy atom. The molecule has 2 unspecified atom stereocenters. The van der Waals surface area contributed by atoms with Crippen LogP contribution < -0.4 is 15.8 Å². The van der Waals surface area contributed by atoms with Crippen molar-refractivity contribution in [1.82, 2.24) is 5.32 Å². The third kappa shape index (κ3) is 2.05. The van der Waals surface area contributed by atoms with Gasteiger partial charge in [-0.15, -0.1) is 0 Å². The summed E-state index contributed by atoms with van der Waals surface area (Å²) in [4.78, 5) is 11.6. The number of rotatable bonds is 2. The second-order valence-electron chi connectivity index (χ2n) is 6.19. The van der Waals surface area contributed by atoms with E-state index >= 15 is 0 Å². The van der Waals surface area contributed by atoms with Crippen LogP contribution >= 0.6 is 0 Å². The number of anilines is 1. The smallest absolute Gasteiger partial charge is 0.223 e. The highest BCUT2D eigenvalue weighted by Gasteiger charge is 2.45. The van der Waals surface area contributed by atoms with Crippen molar-refractivity contribution in [3.63, 3.8) is 0 Å². The molecule has 1 aliphatic carbocycles. The number of carbonyl (C=O) groups excluding carboxylic acids is 1. The number of nitrogens with one attached hydrogen (secondary N) is 1. The Bertz CT molecular complexity index is 551. The van der Waals surface area contributed by atoms with Gasteiger partial charge in [-0.2, -0.15) is 0 Å². The van der Waals surface area contributed by atoms with Crippen LogP contribution in [0.1, 0.15) is 37.3 Å². The number of amides is 1. The minimum atomic E-state index is -0.156. The molecule has 102 valence electrons. The molecule has 1 saturated carbocycles. The Labute approximate surface area is 113 Å². The highest BCUT2D eigenvalue weighted by Crippen LogP contribution is 2.51. The normalized spacial score (nSPS) is 26.5. The van der Waals surface area contributed by atoms with Crippen molar-refractivity contribution in [2.45, 2.75) is 38.2 Å². The lowest BCUT2D eigenvalue weighted by Gasteiger charge is -2.17. The van der Waals surface area contributed by atoms with Crippen molar-refractivity contribution in [2.75, 3.05) is 12.8 Å². The minimum Gasteiger partial charge on any atom is -0.487 e. The number of hydrogen-bond donors (Lipinski definition) is 2. The zero-order valence-electron chi connectivity index (χ0n) is 11.6. The van der Waals surface area contributed by atoms with E-state index in [0.717, 1.165) is 29.8 Å². The number of ether oxygens (including phenoxy) is 1. The fraction of sp³-hybridized carbons (Fsp3) is 0.533. The van der Waals surface area contributed by atoms with Gasteiger partial charge in [-0.25, -0.2) is 0 Å². The molecule has 2 aliphatic rings. The summed E-state index contributed by atoms with van der Waals surface area (Å²) in [5.74, 6) is 1.35. The lowest BCUT2D eigenvalue weighted by Crippen LogP contribution is -2.24. The van der Waals surface area contributed by atoms with Crippen LogP contribution in [0, 0.1) is 5.92 Å². The van der Waals surface area contributed by atoms with E-state index < -0.39 is 0 Å². The van der Waals surface area contributed by atoms with E-state index in [0.29, 0.717) is 0 Å². The topological polar surface area (TPSA) is 64.4 Å². The molecule has 19 heavy (non-hydrogen) atoms. The molecule has 3 N–H and O–H groups in total. The average molecular weight is 260 g/mol. The van der Waals surface area contributed by atoms with Crippen LogP contribution in [0.5, 0.6) is 5.75 Å². The van der Waals surface area contributed by atoms with Gasteiger partial charge >= 0.3 is 0 Å². The zero-order chi connectivity index (χ0) is 13.8. The first-order valence-electron chi connectivity index (χ1n) is 6.74. The van der Waals surface area contributed by atoms with Crippen LogP contribution in [0.25, 0.3) is 0 Å². The van der Waals surface area contributed by atoms with Gasteiger partial charge in [0.05, 0.1) is 0 Å². The van der Waals surface area contributed by atoms with Gasteiger partial charge in [-0.1, -0.05) is 0 Å². The molecule has 0 saturated heterocycles. The molecular weight excluding hydrogens is 240 g/mol. The molecule has 0 spiro atoms. The number of fused-ring (bicyclic) bond motifs is 1. The summed E-state index contributed by atoms with van der Waals surface area (Å²) >= 11 is 0. The van der Waals surface area contributed by atoms with Crippen molar-refractivity contribution < 1.29 is 9.53 Å². The highest BCUT2D eigenvalue weighted by molar-refractivity contribution is 5.83. The lowest BCUT2D eigenvalue weighted by molar-refractivity contribution is -0.121. The molecule has 1 aromatic rings. The summed E-state index contributed by atoms with van der Waals surface area (Å²) in [5.41, 5.74) is 9.00. The molecule has 1 heterocycles. The largest absolute Gasteiger partial charge is 0.487 e. The monoisotopic (exact) mass is 260 g/mol. The molecule has 1 fully saturated rings. The van der Waals surface area contributed by atoms with E-state index in [-0.39, 0.29) is 23.3 Å². The Morgan fingerprint density at radius 1 is 1.47 bits per heavy atom. The first-order chi connectivity index (χ1) is 8.91. The van der Waals surface area contributed by atoms with Gasteiger partial charge in [0, 0.05) is 30.6 Å². The fourth-order valence-corrected chi connectivity index (χ4v) is 3.02. The van der Waals surface area contributed by atoms with Crippen LogP contribution in [0.15, 0.2) is 12.1 Å². The van der Waals surface area contributed by atoms with E-state index in [1.165, 1.54) is 5.56 Å². The van der Waals surface area contributed by atoms with E-state index in [1.54, 1.807) is 7.05 Å². The third-order valence-corrected chi connectivity index (χ3v) is 4.04. The fourth-order valence-electron chi connectivity index (χ4n) is 3.02. The molecule has 2 atom stereocenters. The molecule has 1 aromatic carbocycles. The minimum absolute atomic E-state index is 0.0692. The maximum Gasteiger partial charge on any atom is 0.223 e. The predicted octanol–water partition coefficient (Wildman–Crippen LogP) is 1.83. The molecule has 4 nitrogen and oxygen atoms in total. The van der Waals surface area contributed by atoms with E-state index in [2.05, 4.69) is 19.2 Å². The van der Waals surface area contributed by atoms with Gasteiger partial charge in [0.1, 0.15) is 11.4 Å². The summed E-state index contributed by atoms with van der Waals surface area (Å²) in [6, 6.07) is 4.05. The second kappa shape index (κ2) is 3.89. The van der Waals surface area contributed by atoms with E-state index in [4.69, 9.17) is 10.5 Å². The molecule has 4 heteroatoms. The highest BCUT2D eigenvalue weighted by atomic mass is 16.5. The summed E-state index contributed by atoms with van der Waals surface area (Å²) < 4.78 is 5.93. The molecule has 0 radical (unpaired) electrons. The van der Waals surface area contributed by atoms with Gasteiger partial charge in [0.15, 0.2) is 0 Å². The Balaban J connectivity index is 1.88. The lowest BCUT2D eigenvalue weighted by atomic mass is 9.98. The van der Waals surface area contributed by atoms with Crippen molar-refractivity contribution in [1.29, 1.82) is 0 Å². The van der Waals surface area contributed by atoms with Gasteiger partial charge in [0.2, 0.25) is 5.91 Å². The molecule has 0 aromatic heterocycles. The predicted molar refractivity (Wildman–Crippen MR) is 74.2 cm³/mol. The average Bonchev–Trinajstić information content (AvgIpc) is 3.05. The maximum absolute atomic E-state index is 11.6. The maximum atomic E-state index is 11.6. The van der Waals surface area contributed by atoms with Gasteiger partial charge in [-0.3, -0.25) is 4.79 Å². The molecule has 0 bridgehead atoms. The zero-order valence-corrected chi connectivity index (χ0v) is 11.6. The number of carbonyl (C=O) groups is 1. The van der Waals surface area contributed by atoms with Gasteiger partial charge in [-0.05, 0) is 43.9 Å². The molecule has 1 amide bonds. The van der Waals surface area contributed by atoms with Crippen LogP contribution in [-0.4, -0.2) is 18.6 Å². The van der Waals surface area contributed by atoms with Crippen molar-refractivity contribution >= 4 is 11.6 Å². The summed E-state index contributed by atoms with van der Waals surface area (Å²) in [5, 5.41) is 2.70. The Kier molecular flexibility index (Phi) is 2.52. The summed E-state index contributed by atoms with van der Waals surface area (Å²) in [7, 11) is 1.68. The first-order valence-corrected chi connectivity index (χ1v) is 6.74. The van der Waals surface area contributed by atoms with Crippen molar-refractivity contribution in [2.24, 2.45) is 5.92 Å². The Hall–Kier alpha value is -1.71. The van der Waals surface area contributed by atoms with Gasteiger partial charge in [0.25, 0.3) is 0 Å². The first kappa shape index (κ1) is 12.3. The van der Waals surface area contributed by atoms with Crippen LogP contribution in [0.2, 0.25) is 0 Å². The van der Waals surface area contributed by atoms with Crippen molar-refractivity contribution in [3.05, 3.63) is 23.3 Å². The number of benzene rings is 1. The second-order valence-corrected chi connectivity index (χ2v) is 6.19. The molecule has 3 rings (SSSR count). The van der Waals surface area contributed by atoms with Crippen molar-refractivity contribution in [3.8, 4) is 5.75 Å². The van der Waals surface area contributed by atoms with E-state index in [9.17, 15) is 4.79 Å². The van der Waals surface area contributed by atoms with Crippen LogP contribution in [-0.2, 0) is 11.2 Å². The standard InChI is InChI=1S/C15H20N2O2/c1-15(2)7-8-4-12(16)10(6-13(8)19-15)9-5-11(9)14(18)17-3/h4,6,9,11H,5,7,16H2,1-3H3,(H,17,18). The third-order valence-electron chi connectivity index (χ3n) is 4.04. The molecule has 1 aliphatic heterocycles. The number of nitrogen functional groups attached to an aromatic ring is 1. The van der Waals surface area contributed by atoms with Crippen LogP contribution in [0.4, 0.5) is 5.69 Å². The van der Waals surface area contributed by atoms with Crippen LogP contribution in [0.3, 0.4) is 0 Å².